The van der Waals surface area contributed by atoms with Gasteiger partial charge in [0.2, 0.25) is 0 Å². The van der Waals surface area contributed by atoms with Crippen LogP contribution in [-0.2, 0) is 0 Å². The molecule has 5 unspecified atom stereocenters. The van der Waals surface area contributed by atoms with Crippen molar-refractivity contribution in [2.24, 2.45) is 17.6 Å². The Morgan fingerprint density at radius 2 is 1.76 bits per heavy atom. The lowest BCUT2D eigenvalue weighted by molar-refractivity contribution is 0.0300. The van der Waals surface area contributed by atoms with Gasteiger partial charge in [0.05, 0.1) is 0 Å². The molecule has 0 aromatic carbocycles. The van der Waals surface area contributed by atoms with E-state index in [-0.39, 0.29) is 0 Å². The lowest BCUT2D eigenvalue weighted by atomic mass is 9.80. The molecule has 2 N–H and O–H groups in total. The monoisotopic (exact) mass is 236 g/mol. The van der Waals surface area contributed by atoms with E-state index in [1.54, 1.807) is 0 Å². The van der Waals surface area contributed by atoms with Gasteiger partial charge in [0.15, 0.2) is 0 Å². The van der Waals surface area contributed by atoms with E-state index < -0.39 is 0 Å². The van der Waals surface area contributed by atoms with Gasteiger partial charge in [0, 0.05) is 18.1 Å². The van der Waals surface area contributed by atoms with Crippen LogP contribution in [0.5, 0.6) is 0 Å². The van der Waals surface area contributed by atoms with Crippen LogP contribution in [0.1, 0.15) is 58.3 Å². The van der Waals surface area contributed by atoms with E-state index in [2.05, 4.69) is 11.8 Å². The number of rotatable bonds is 1. The van der Waals surface area contributed by atoms with Crippen molar-refractivity contribution in [1.82, 2.24) is 4.90 Å². The largest absolute Gasteiger partial charge is 0.326 e. The second kappa shape index (κ2) is 4.89. The molecule has 2 heteroatoms. The number of nitrogens with zero attached hydrogens (tertiary/aromatic N) is 1. The average molecular weight is 236 g/mol. The van der Waals surface area contributed by atoms with Gasteiger partial charge in [-0.3, -0.25) is 4.90 Å². The van der Waals surface area contributed by atoms with Crippen LogP contribution >= 0.6 is 0 Å². The Hall–Kier alpha value is -0.0800. The lowest BCUT2D eigenvalue weighted by Crippen LogP contribution is -2.57. The van der Waals surface area contributed by atoms with Gasteiger partial charge in [-0.15, -0.1) is 0 Å². The Morgan fingerprint density at radius 3 is 2.65 bits per heavy atom. The Bertz CT molecular complexity index is 266. The predicted molar refractivity (Wildman–Crippen MR) is 71.8 cm³/mol. The molecule has 5 atom stereocenters. The van der Waals surface area contributed by atoms with Gasteiger partial charge in [-0.1, -0.05) is 13.3 Å². The number of hydrogen-bond acceptors (Lipinski definition) is 2. The van der Waals surface area contributed by atoms with Crippen LogP contribution < -0.4 is 5.73 Å². The lowest BCUT2D eigenvalue weighted by Gasteiger charge is -2.47. The van der Waals surface area contributed by atoms with Crippen molar-refractivity contribution >= 4 is 0 Å². The van der Waals surface area contributed by atoms with Crippen LogP contribution in [0.4, 0.5) is 0 Å². The van der Waals surface area contributed by atoms with Crippen LogP contribution in [0.3, 0.4) is 0 Å². The predicted octanol–water partition coefficient (Wildman–Crippen LogP) is 2.77. The van der Waals surface area contributed by atoms with Crippen LogP contribution in [0, 0.1) is 11.8 Å². The zero-order chi connectivity index (χ0) is 11.8. The van der Waals surface area contributed by atoms with Gasteiger partial charge >= 0.3 is 0 Å². The topological polar surface area (TPSA) is 29.3 Å². The van der Waals surface area contributed by atoms with Crippen molar-refractivity contribution in [1.29, 1.82) is 0 Å². The van der Waals surface area contributed by atoms with Gasteiger partial charge in [0.25, 0.3) is 0 Å². The van der Waals surface area contributed by atoms with E-state index in [4.69, 9.17) is 5.73 Å². The molecule has 1 saturated heterocycles. The molecule has 0 radical (unpaired) electrons. The maximum absolute atomic E-state index is 6.41. The molecule has 0 spiro atoms. The average Bonchev–Trinajstić information content (AvgIpc) is 2.80. The van der Waals surface area contributed by atoms with Gasteiger partial charge in [-0.25, -0.2) is 0 Å². The Balaban J connectivity index is 1.72. The quantitative estimate of drug-likeness (QED) is 0.758. The first kappa shape index (κ1) is 12.0. The van der Waals surface area contributed by atoms with Gasteiger partial charge in [0.1, 0.15) is 0 Å². The van der Waals surface area contributed by atoms with Crippen molar-refractivity contribution in [3.8, 4) is 0 Å². The Kier molecular flexibility index (Phi) is 3.45. The summed E-state index contributed by atoms with van der Waals surface area (Å²) < 4.78 is 0. The van der Waals surface area contributed by atoms with E-state index in [0.717, 1.165) is 17.9 Å². The summed E-state index contributed by atoms with van der Waals surface area (Å²) in [6.07, 6.45) is 11.2. The fraction of sp³-hybridized carbons (Fsp3) is 1.00. The minimum atomic E-state index is 0.450. The summed E-state index contributed by atoms with van der Waals surface area (Å²) >= 11 is 0. The Labute approximate surface area is 106 Å². The number of piperidine rings is 1. The molecule has 3 fully saturated rings. The highest BCUT2D eigenvalue weighted by atomic mass is 15.2. The normalized spacial score (nSPS) is 48.0. The summed E-state index contributed by atoms with van der Waals surface area (Å²) in [4.78, 5) is 2.83. The smallest absolute Gasteiger partial charge is 0.0252 e. The van der Waals surface area contributed by atoms with Crippen LogP contribution in [0.15, 0.2) is 0 Å². The zero-order valence-electron chi connectivity index (χ0n) is 11.3. The molecule has 1 aliphatic heterocycles. The minimum Gasteiger partial charge on any atom is -0.326 e. The van der Waals surface area contributed by atoms with Gasteiger partial charge in [-0.05, 0) is 63.3 Å². The zero-order valence-corrected chi connectivity index (χ0v) is 11.3. The summed E-state index contributed by atoms with van der Waals surface area (Å²) in [6, 6.07) is 2.04. The first-order valence-electron chi connectivity index (χ1n) is 7.77. The molecular weight excluding hydrogens is 208 g/mol. The fourth-order valence-electron chi connectivity index (χ4n) is 4.66. The summed E-state index contributed by atoms with van der Waals surface area (Å²) in [7, 11) is 0. The van der Waals surface area contributed by atoms with E-state index in [0.29, 0.717) is 12.1 Å². The van der Waals surface area contributed by atoms with E-state index in [9.17, 15) is 0 Å². The standard InChI is InChI=1S/C15H28N2/c1-11-7-8-13(16)15(10-11)17-9-3-5-12-4-2-6-14(12)17/h11-15H,2-10,16H2,1H3. The van der Waals surface area contributed by atoms with Crippen LogP contribution in [0.25, 0.3) is 0 Å². The fourth-order valence-corrected chi connectivity index (χ4v) is 4.66. The number of likely N-dealkylation sites (tertiary alicyclic amines) is 1. The molecule has 0 bridgehead atoms. The molecule has 0 aromatic heterocycles. The van der Waals surface area contributed by atoms with Crippen LogP contribution in [-0.4, -0.2) is 29.6 Å². The third-order valence-corrected chi connectivity index (χ3v) is 5.59. The van der Waals surface area contributed by atoms with Crippen molar-refractivity contribution in [2.75, 3.05) is 6.54 Å². The molecule has 3 aliphatic rings. The molecule has 98 valence electrons. The van der Waals surface area contributed by atoms with Gasteiger partial charge < -0.3 is 5.73 Å². The highest BCUT2D eigenvalue weighted by molar-refractivity contribution is 4.97. The highest BCUT2D eigenvalue weighted by Crippen LogP contribution is 2.40. The number of fused-ring (bicyclic) bond motifs is 1. The van der Waals surface area contributed by atoms with Crippen molar-refractivity contribution < 1.29 is 0 Å². The number of nitrogens with two attached hydrogens (primary N) is 1. The SMILES string of the molecule is CC1CCC(N)C(N2CCCC3CCCC32)C1. The summed E-state index contributed by atoms with van der Waals surface area (Å²) in [5, 5.41) is 0. The highest BCUT2D eigenvalue weighted by Gasteiger charge is 2.41. The van der Waals surface area contributed by atoms with Crippen LogP contribution in [0.2, 0.25) is 0 Å². The number of hydrogen-bond donors (Lipinski definition) is 1. The van der Waals surface area contributed by atoms with Crippen molar-refractivity contribution in [3.05, 3.63) is 0 Å². The summed E-state index contributed by atoms with van der Waals surface area (Å²) in [5.74, 6) is 1.90. The second-order valence-corrected chi connectivity index (χ2v) is 6.79. The minimum absolute atomic E-state index is 0.450. The molecule has 1 heterocycles. The van der Waals surface area contributed by atoms with E-state index >= 15 is 0 Å². The molecule has 17 heavy (non-hydrogen) atoms. The maximum Gasteiger partial charge on any atom is 0.0252 e. The second-order valence-electron chi connectivity index (χ2n) is 6.79. The first-order chi connectivity index (χ1) is 8.25. The molecular formula is C15H28N2. The third-order valence-electron chi connectivity index (χ3n) is 5.59. The van der Waals surface area contributed by atoms with Crippen molar-refractivity contribution in [2.45, 2.75) is 76.4 Å². The first-order valence-corrected chi connectivity index (χ1v) is 7.77. The molecule has 2 nitrogen and oxygen atoms in total. The Morgan fingerprint density at radius 1 is 0.941 bits per heavy atom. The molecule has 2 aliphatic carbocycles. The van der Waals surface area contributed by atoms with Crippen molar-refractivity contribution in [3.63, 3.8) is 0 Å². The molecule has 2 saturated carbocycles. The maximum atomic E-state index is 6.41. The third kappa shape index (κ3) is 2.26. The van der Waals surface area contributed by atoms with E-state index in [1.807, 2.05) is 0 Å². The molecule has 0 aromatic rings. The summed E-state index contributed by atoms with van der Waals surface area (Å²) in [6.45, 7) is 3.74. The van der Waals surface area contributed by atoms with Gasteiger partial charge in [-0.2, -0.15) is 0 Å². The molecule has 3 rings (SSSR count). The summed E-state index contributed by atoms with van der Waals surface area (Å²) in [5.41, 5.74) is 6.41. The van der Waals surface area contributed by atoms with E-state index in [1.165, 1.54) is 57.9 Å². The molecule has 0 amide bonds.